The minimum absolute atomic E-state index is 0.224. The van der Waals surface area contributed by atoms with Crippen LogP contribution >= 0.6 is 0 Å². The smallest absolute Gasteiger partial charge is 0.340 e. The van der Waals surface area contributed by atoms with Crippen LogP contribution in [0, 0.1) is 5.41 Å². The molecule has 1 aromatic rings. The molecule has 4 nitrogen and oxygen atoms in total. The maximum atomic E-state index is 11.6. The van der Waals surface area contributed by atoms with Gasteiger partial charge in [0.1, 0.15) is 0 Å². The zero-order valence-corrected chi connectivity index (χ0v) is 13.7. The molecule has 0 aliphatic rings. The van der Waals surface area contributed by atoms with E-state index in [1.54, 1.807) is 12.1 Å². The molecule has 0 aliphatic heterocycles. The summed E-state index contributed by atoms with van der Waals surface area (Å²) in [6.07, 6.45) is 4.95. The molecule has 0 spiro atoms. The molecule has 0 fully saturated rings. The number of nitrogens with two attached hydrogens (primary N) is 1. The lowest BCUT2D eigenvalue weighted by Gasteiger charge is -2.25. The van der Waals surface area contributed by atoms with Gasteiger partial charge in [0.2, 0.25) is 0 Å². The van der Waals surface area contributed by atoms with Crippen LogP contribution in [0.4, 0.5) is 11.4 Å². The van der Waals surface area contributed by atoms with Crippen molar-refractivity contribution in [2.24, 2.45) is 5.41 Å². The normalized spacial score (nSPS) is 11.2. The van der Waals surface area contributed by atoms with Crippen molar-refractivity contribution in [3.63, 3.8) is 0 Å². The van der Waals surface area contributed by atoms with Gasteiger partial charge in [-0.2, -0.15) is 0 Å². The first-order valence-electron chi connectivity index (χ1n) is 7.61. The summed E-state index contributed by atoms with van der Waals surface area (Å²) in [5.74, 6) is -0.404. The van der Waals surface area contributed by atoms with E-state index in [1.807, 2.05) is 6.07 Å². The van der Waals surface area contributed by atoms with Crippen molar-refractivity contribution >= 4 is 17.3 Å². The average Bonchev–Trinajstić information content (AvgIpc) is 2.46. The molecular formula is C17H28N2O2. The zero-order valence-electron chi connectivity index (χ0n) is 13.7. The van der Waals surface area contributed by atoms with Gasteiger partial charge in [0.05, 0.1) is 12.7 Å². The number of nitrogens with one attached hydrogen (secondary N) is 1. The molecule has 0 aliphatic carbocycles. The molecular weight excluding hydrogens is 264 g/mol. The number of ether oxygens (including phenoxy) is 1. The summed E-state index contributed by atoms with van der Waals surface area (Å²) in [5, 5.41) is 3.40. The van der Waals surface area contributed by atoms with E-state index in [2.05, 4.69) is 26.1 Å². The monoisotopic (exact) mass is 292 g/mol. The molecule has 0 aromatic heterocycles. The maximum Gasteiger partial charge on any atom is 0.340 e. The third kappa shape index (κ3) is 5.66. The van der Waals surface area contributed by atoms with Crippen LogP contribution in [0.25, 0.3) is 0 Å². The molecule has 0 bridgehead atoms. The number of hydrogen-bond acceptors (Lipinski definition) is 4. The first kappa shape index (κ1) is 17.3. The van der Waals surface area contributed by atoms with Crippen molar-refractivity contribution in [1.82, 2.24) is 0 Å². The Hall–Kier alpha value is -1.71. The van der Waals surface area contributed by atoms with E-state index in [4.69, 9.17) is 10.5 Å². The average molecular weight is 292 g/mol. The van der Waals surface area contributed by atoms with Crippen molar-refractivity contribution in [1.29, 1.82) is 0 Å². The van der Waals surface area contributed by atoms with E-state index in [9.17, 15) is 4.79 Å². The van der Waals surface area contributed by atoms with E-state index in [0.29, 0.717) is 11.3 Å². The fourth-order valence-electron chi connectivity index (χ4n) is 2.24. The summed E-state index contributed by atoms with van der Waals surface area (Å²) in [6.45, 7) is 7.59. The largest absolute Gasteiger partial charge is 0.465 e. The number of nitrogen functional groups attached to an aromatic ring is 1. The van der Waals surface area contributed by atoms with Gasteiger partial charge in [-0.15, -0.1) is 0 Å². The summed E-state index contributed by atoms with van der Waals surface area (Å²) in [7, 11) is 1.36. The molecule has 3 N–H and O–H groups in total. The van der Waals surface area contributed by atoms with Gasteiger partial charge < -0.3 is 15.8 Å². The zero-order chi connectivity index (χ0) is 15.9. The highest BCUT2D eigenvalue weighted by Crippen LogP contribution is 2.25. The van der Waals surface area contributed by atoms with Crippen molar-refractivity contribution < 1.29 is 9.53 Å². The van der Waals surface area contributed by atoms with Crippen LogP contribution in [-0.4, -0.2) is 19.6 Å². The first-order valence-corrected chi connectivity index (χ1v) is 7.61. The van der Waals surface area contributed by atoms with Gasteiger partial charge in [0.25, 0.3) is 0 Å². The summed E-state index contributed by atoms with van der Waals surface area (Å²) >= 11 is 0. The summed E-state index contributed by atoms with van der Waals surface area (Å²) in [4.78, 5) is 11.6. The topological polar surface area (TPSA) is 64.3 Å². The number of rotatable bonds is 8. The Morgan fingerprint density at radius 1 is 1.33 bits per heavy atom. The molecule has 0 heterocycles. The van der Waals surface area contributed by atoms with Gasteiger partial charge in [-0.05, 0) is 30.0 Å². The molecule has 4 heteroatoms. The van der Waals surface area contributed by atoms with E-state index in [-0.39, 0.29) is 5.41 Å². The molecule has 0 saturated heterocycles. The summed E-state index contributed by atoms with van der Waals surface area (Å²) in [5.41, 5.74) is 7.77. The molecule has 1 rings (SSSR count). The van der Waals surface area contributed by atoms with Gasteiger partial charge >= 0.3 is 5.97 Å². The Bertz CT molecular complexity index is 470. The van der Waals surface area contributed by atoms with E-state index >= 15 is 0 Å². The molecule has 0 saturated carbocycles. The van der Waals surface area contributed by atoms with Crippen LogP contribution in [-0.2, 0) is 4.74 Å². The van der Waals surface area contributed by atoms with Gasteiger partial charge in [-0.25, -0.2) is 4.79 Å². The molecule has 0 radical (unpaired) electrons. The minimum Gasteiger partial charge on any atom is -0.465 e. The Morgan fingerprint density at radius 2 is 2.05 bits per heavy atom. The highest BCUT2D eigenvalue weighted by Gasteiger charge is 2.17. The summed E-state index contributed by atoms with van der Waals surface area (Å²) < 4.78 is 4.74. The Balaban J connectivity index is 2.65. The fourth-order valence-corrected chi connectivity index (χ4v) is 2.24. The van der Waals surface area contributed by atoms with Crippen LogP contribution in [0.15, 0.2) is 18.2 Å². The lowest BCUT2D eigenvalue weighted by Crippen LogP contribution is -2.23. The number of carbonyl (C=O) groups is 1. The third-order valence-corrected chi connectivity index (χ3v) is 3.69. The second-order valence-corrected chi connectivity index (χ2v) is 6.27. The molecule has 21 heavy (non-hydrogen) atoms. The van der Waals surface area contributed by atoms with Gasteiger partial charge in [0.15, 0.2) is 0 Å². The lowest BCUT2D eigenvalue weighted by atomic mass is 9.87. The predicted molar refractivity (Wildman–Crippen MR) is 88.6 cm³/mol. The predicted octanol–water partition coefficient (Wildman–Crippen LogP) is 4.07. The van der Waals surface area contributed by atoms with Crippen LogP contribution in [0.1, 0.15) is 56.8 Å². The lowest BCUT2D eigenvalue weighted by molar-refractivity contribution is 0.0602. The quantitative estimate of drug-likeness (QED) is 0.430. The molecule has 118 valence electrons. The van der Waals surface area contributed by atoms with Gasteiger partial charge in [-0.1, -0.05) is 40.0 Å². The number of anilines is 2. The van der Waals surface area contributed by atoms with E-state index in [1.165, 1.54) is 32.8 Å². The Labute approximate surface area is 128 Å². The number of hydrogen-bond donors (Lipinski definition) is 2. The fraction of sp³-hybridized carbons (Fsp3) is 0.588. The Kier molecular flexibility index (Phi) is 6.53. The van der Waals surface area contributed by atoms with Gasteiger partial charge in [0, 0.05) is 17.9 Å². The van der Waals surface area contributed by atoms with Crippen LogP contribution in [0.3, 0.4) is 0 Å². The third-order valence-electron chi connectivity index (χ3n) is 3.69. The molecule has 1 aromatic carbocycles. The number of benzene rings is 1. The number of unbranched alkanes of at least 4 members (excludes halogenated alkanes) is 2. The second kappa shape index (κ2) is 7.91. The molecule has 0 atom stereocenters. The van der Waals surface area contributed by atoms with Crippen LogP contribution in [0.5, 0.6) is 0 Å². The number of esters is 1. The Morgan fingerprint density at radius 3 is 2.67 bits per heavy atom. The van der Waals surface area contributed by atoms with Gasteiger partial charge in [-0.3, -0.25) is 0 Å². The van der Waals surface area contributed by atoms with E-state index < -0.39 is 5.97 Å². The van der Waals surface area contributed by atoms with Crippen molar-refractivity contribution in [2.75, 3.05) is 24.7 Å². The van der Waals surface area contributed by atoms with Crippen molar-refractivity contribution in [2.45, 2.75) is 46.5 Å². The number of methoxy groups -OCH3 is 1. The first-order chi connectivity index (χ1) is 9.89. The molecule has 0 unspecified atom stereocenters. The highest BCUT2D eigenvalue weighted by molar-refractivity contribution is 5.96. The molecule has 0 amide bonds. The standard InChI is InChI=1S/C17H28N2O2/c1-5-6-7-10-17(2,3)12-19-13-8-9-15(18)14(11-13)16(20)21-4/h8-9,11,19H,5-7,10,12,18H2,1-4H3. The van der Waals surface area contributed by atoms with Crippen LogP contribution < -0.4 is 11.1 Å². The van der Waals surface area contributed by atoms with Crippen LogP contribution in [0.2, 0.25) is 0 Å². The number of carbonyl (C=O) groups excluding carboxylic acids is 1. The van der Waals surface area contributed by atoms with Crippen molar-refractivity contribution in [3.8, 4) is 0 Å². The van der Waals surface area contributed by atoms with Crippen molar-refractivity contribution in [3.05, 3.63) is 23.8 Å². The highest BCUT2D eigenvalue weighted by atomic mass is 16.5. The summed E-state index contributed by atoms with van der Waals surface area (Å²) in [6, 6.07) is 5.38. The minimum atomic E-state index is -0.404. The SMILES string of the molecule is CCCCCC(C)(C)CNc1ccc(N)c(C(=O)OC)c1. The van der Waals surface area contributed by atoms with E-state index in [0.717, 1.165) is 12.2 Å². The second-order valence-electron chi connectivity index (χ2n) is 6.27. The maximum absolute atomic E-state index is 11.6.